The van der Waals surface area contributed by atoms with E-state index in [1.54, 1.807) is 18.2 Å². The molecule has 1 aliphatic heterocycles. The standard InChI is InChI=1S/C17H19BrN2O3/c1-11-5-7-17(8-6-11)15(22)20(16(23)19-17)10-14(21)12-3-2-4-13(18)9-12/h2-4,9,11H,5-8,10H2,1H3,(H,19,23). The quantitative estimate of drug-likeness (QED) is 0.648. The maximum Gasteiger partial charge on any atom is 0.325 e. The van der Waals surface area contributed by atoms with Crippen LogP contribution in [0.2, 0.25) is 0 Å². The third-order valence-corrected chi connectivity index (χ3v) is 5.32. The molecule has 122 valence electrons. The summed E-state index contributed by atoms with van der Waals surface area (Å²) in [6.07, 6.45) is 3.14. The van der Waals surface area contributed by atoms with Gasteiger partial charge in [-0.2, -0.15) is 0 Å². The Morgan fingerprint density at radius 3 is 2.70 bits per heavy atom. The number of nitrogens with one attached hydrogen (secondary N) is 1. The average molecular weight is 379 g/mol. The number of nitrogens with zero attached hydrogens (tertiary/aromatic N) is 1. The molecule has 3 rings (SSSR count). The Hall–Kier alpha value is -1.69. The van der Waals surface area contributed by atoms with Crippen LogP contribution in [-0.4, -0.2) is 34.7 Å². The average Bonchev–Trinajstić information content (AvgIpc) is 2.75. The van der Waals surface area contributed by atoms with Crippen molar-refractivity contribution in [3.05, 3.63) is 34.3 Å². The first-order valence-corrected chi connectivity index (χ1v) is 8.63. The second kappa shape index (κ2) is 6.07. The molecule has 1 aromatic rings. The second-order valence-electron chi connectivity index (χ2n) is 6.52. The number of benzene rings is 1. The van der Waals surface area contributed by atoms with Gasteiger partial charge in [-0.3, -0.25) is 14.5 Å². The molecule has 1 aromatic carbocycles. The summed E-state index contributed by atoms with van der Waals surface area (Å²) >= 11 is 3.32. The molecule has 0 unspecified atom stereocenters. The van der Waals surface area contributed by atoms with Crippen LogP contribution < -0.4 is 5.32 Å². The molecule has 23 heavy (non-hydrogen) atoms. The maximum atomic E-state index is 12.7. The van der Waals surface area contributed by atoms with Crippen molar-refractivity contribution in [3.63, 3.8) is 0 Å². The molecular weight excluding hydrogens is 360 g/mol. The summed E-state index contributed by atoms with van der Waals surface area (Å²) in [7, 11) is 0. The molecule has 1 heterocycles. The van der Waals surface area contributed by atoms with Gasteiger partial charge < -0.3 is 5.32 Å². The second-order valence-corrected chi connectivity index (χ2v) is 7.44. The Morgan fingerprint density at radius 2 is 2.04 bits per heavy atom. The lowest BCUT2D eigenvalue weighted by molar-refractivity contribution is -0.132. The first-order valence-electron chi connectivity index (χ1n) is 7.84. The van der Waals surface area contributed by atoms with Crippen molar-refractivity contribution in [2.75, 3.05) is 6.54 Å². The molecule has 1 saturated carbocycles. The van der Waals surface area contributed by atoms with Gasteiger partial charge in [0, 0.05) is 10.0 Å². The van der Waals surface area contributed by atoms with Crippen LogP contribution in [0.25, 0.3) is 0 Å². The van der Waals surface area contributed by atoms with Crippen molar-refractivity contribution in [1.29, 1.82) is 0 Å². The summed E-state index contributed by atoms with van der Waals surface area (Å²) in [6.45, 7) is 1.95. The molecule has 0 atom stereocenters. The van der Waals surface area contributed by atoms with Gasteiger partial charge in [0.05, 0.1) is 6.54 Å². The number of carbonyl (C=O) groups excluding carboxylic acids is 3. The smallest absolute Gasteiger partial charge is 0.323 e. The van der Waals surface area contributed by atoms with Crippen LogP contribution >= 0.6 is 15.9 Å². The van der Waals surface area contributed by atoms with Gasteiger partial charge in [0.1, 0.15) is 5.54 Å². The van der Waals surface area contributed by atoms with Crippen molar-refractivity contribution < 1.29 is 14.4 Å². The van der Waals surface area contributed by atoms with Gasteiger partial charge >= 0.3 is 6.03 Å². The number of urea groups is 1. The normalized spacial score (nSPS) is 27.4. The number of carbonyl (C=O) groups is 3. The van der Waals surface area contributed by atoms with E-state index in [9.17, 15) is 14.4 Å². The summed E-state index contributed by atoms with van der Waals surface area (Å²) in [6, 6.07) is 6.51. The third-order valence-electron chi connectivity index (χ3n) is 4.82. The molecule has 1 aliphatic carbocycles. The summed E-state index contributed by atoms with van der Waals surface area (Å²) in [4.78, 5) is 38.4. The summed E-state index contributed by atoms with van der Waals surface area (Å²) in [5.41, 5.74) is -0.306. The first kappa shape index (κ1) is 16.2. The van der Waals surface area contributed by atoms with Crippen LogP contribution in [0.3, 0.4) is 0 Å². The molecule has 5 nitrogen and oxygen atoms in total. The zero-order valence-corrected chi connectivity index (χ0v) is 14.6. The lowest BCUT2D eigenvalue weighted by Crippen LogP contribution is -2.49. The Bertz CT molecular complexity index is 666. The maximum absolute atomic E-state index is 12.7. The number of halogens is 1. The van der Waals surface area contributed by atoms with Gasteiger partial charge in [-0.1, -0.05) is 35.0 Å². The number of rotatable bonds is 3. The largest absolute Gasteiger partial charge is 0.325 e. The van der Waals surface area contributed by atoms with Crippen molar-refractivity contribution >= 4 is 33.7 Å². The zero-order chi connectivity index (χ0) is 16.6. The van der Waals surface area contributed by atoms with E-state index in [2.05, 4.69) is 28.2 Å². The van der Waals surface area contributed by atoms with E-state index in [0.717, 1.165) is 22.2 Å². The number of Topliss-reactive ketones (excluding diaryl/α,β-unsaturated/α-hetero) is 1. The van der Waals surface area contributed by atoms with E-state index >= 15 is 0 Å². The predicted molar refractivity (Wildman–Crippen MR) is 89.1 cm³/mol. The molecular formula is C17H19BrN2O3. The number of ketones is 1. The summed E-state index contributed by atoms with van der Waals surface area (Å²) < 4.78 is 0.790. The molecule has 0 radical (unpaired) electrons. The summed E-state index contributed by atoms with van der Waals surface area (Å²) in [5, 5.41) is 2.83. The van der Waals surface area contributed by atoms with Crippen LogP contribution in [0, 0.1) is 5.92 Å². The minimum Gasteiger partial charge on any atom is -0.323 e. The van der Waals surface area contributed by atoms with Crippen molar-refractivity contribution in [2.24, 2.45) is 5.92 Å². The Kier molecular flexibility index (Phi) is 4.27. The highest BCUT2D eigenvalue weighted by Gasteiger charge is 2.52. The zero-order valence-electron chi connectivity index (χ0n) is 13.0. The number of amides is 3. The highest BCUT2D eigenvalue weighted by atomic mass is 79.9. The van der Waals surface area contributed by atoms with Gasteiger partial charge in [0.25, 0.3) is 5.91 Å². The molecule has 3 amide bonds. The fourth-order valence-electron chi connectivity index (χ4n) is 3.31. The van der Waals surface area contributed by atoms with Gasteiger partial charge in [-0.05, 0) is 43.7 Å². The minimum absolute atomic E-state index is 0.210. The molecule has 0 bridgehead atoms. The van der Waals surface area contributed by atoms with Gasteiger partial charge in [-0.25, -0.2) is 4.79 Å². The first-order chi connectivity index (χ1) is 10.9. The van der Waals surface area contributed by atoms with E-state index < -0.39 is 11.6 Å². The number of imide groups is 1. The number of hydrogen-bond donors (Lipinski definition) is 1. The topological polar surface area (TPSA) is 66.5 Å². The Morgan fingerprint density at radius 1 is 1.35 bits per heavy atom. The van der Waals surface area contributed by atoms with E-state index in [1.807, 2.05) is 6.07 Å². The van der Waals surface area contributed by atoms with Gasteiger partial charge in [0.2, 0.25) is 0 Å². The van der Waals surface area contributed by atoms with Crippen LogP contribution in [0.15, 0.2) is 28.7 Å². The van der Waals surface area contributed by atoms with Crippen LogP contribution in [0.1, 0.15) is 43.0 Å². The Balaban J connectivity index is 1.75. The molecule has 1 spiro atoms. The molecule has 2 fully saturated rings. The van der Waals surface area contributed by atoms with Gasteiger partial charge in [0.15, 0.2) is 5.78 Å². The Labute approximate surface area is 143 Å². The van der Waals surface area contributed by atoms with Gasteiger partial charge in [-0.15, -0.1) is 0 Å². The molecule has 1 saturated heterocycles. The highest BCUT2D eigenvalue weighted by molar-refractivity contribution is 9.10. The van der Waals surface area contributed by atoms with Crippen molar-refractivity contribution in [2.45, 2.75) is 38.1 Å². The number of hydrogen-bond acceptors (Lipinski definition) is 3. The minimum atomic E-state index is -0.791. The fraction of sp³-hybridized carbons (Fsp3) is 0.471. The third kappa shape index (κ3) is 3.04. The van der Waals surface area contributed by atoms with Crippen LogP contribution in [0.4, 0.5) is 4.79 Å². The van der Waals surface area contributed by atoms with E-state index in [4.69, 9.17) is 0 Å². The van der Waals surface area contributed by atoms with Crippen LogP contribution in [0.5, 0.6) is 0 Å². The SMILES string of the molecule is CC1CCC2(CC1)NC(=O)N(CC(=O)c1cccc(Br)c1)C2=O. The summed E-state index contributed by atoms with van der Waals surface area (Å²) in [5.74, 6) is 0.0800. The van der Waals surface area contributed by atoms with Crippen molar-refractivity contribution in [3.8, 4) is 0 Å². The highest BCUT2D eigenvalue weighted by Crippen LogP contribution is 2.36. The van der Waals surface area contributed by atoms with E-state index in [-0.39, 0.29) is 18.2 Å². The monoisotopic (exact) mass is 378 g/mol. The lowest BCUT2D eigenvalue weighted by atomic mass is 9.77. The van der Waals surface area contributed by atoms with Crippen LogP contribution in [-0.2, 0) is 4.79 Å². The molecule has 6 heteroatoms. The molecule has 2 aliphatic rings. The van der Waals surface area contributed by atoms with E-state index in [1.165, 1.54) is 0 Å². The fourth-order valence-corrected chi connectivity index (χ4v) is 3.71. The lowest BCUT2D eigenvalue weighted by Gasteiger charge is -2.33. The molecule has 0 aromatic heterocycles. The molecule has 1 N–H and O–H groups in total. The predicted octanol–water partition coefficient (Wildman–Crippen LogP) is 3.13. The van der Waals surface area contributed by atoms with E-state index in [0.29, 0.717) is 24.3 Å². The van der Waals surface area contributed by atoms with Crippen molar-refractivity contribution in [1.82, 2.24) is 10.2 Å².